The predicted octanol–water partition coefficient (Wildman–Crippen LogP) is 12.5. The fraction of sp³-hybridized carbons (Fsp3) is 0.0909. The lowest BCUT2D eigenvalue weighted by atomic mass is 9.61. The Bertz CT molecular complexity index is 2510. The fourth-order valence-corrected chi connectivity index (χ4v) is 8.81. The van der Waals surface area contributed by atoms with Crippen molar-refractivity contribution in [3.8, 4) is 11.5 Å². The molecule has 1 spiro atoms. The number of hydrogen-bond acceptors (Lipinski definition) is 3. The normalized spacial score (nSPS) is 18.8. The second-order valence-corrected chi connectivity index (χ2v) is 13.4. The molecule has 4 heteroatoms. The van der Waals surface area contributed by atoms with Gasteiger partial charge in [0, 0.05) is 39.3 Å². The van der Waals surface area contributed by atoms with Gasteiger partial charge < -0.3 is 14.1 Å². The van der Waals surface area contributed by atoms with Crippen LogP contribution in [0.3, 0.4) is 0 Å². The molecule has 1 aliphatic heterocycles. The molecule has 0 amide bonds. The Morgan fingerprint density at radius 3 is 2.40 bits per heavy atom. The van der Waals surface area contributed by atoms with E-state index in [1.807, 2.05) is 18.2 Å². The van der Waals surface area contributed by atoms with Crippen LogP contribution in [-0.4, -0.2) is 0 Å². The monoisotopic (exact) mass is 639 g/mol. The van der Waals surface area contributed by atoms with Gasteiger partial charge in [0.05, 0.1) is 16.1 Å². The number of allylic oxidation sites excluding steroid dienone is 4. The number of hydrogen-bond donors (Lipinski definition) is 0. The molecule has 1 aromatic heterocycles. The van der Waals surface area contributed by atoms with Crippen LogP contribution in [0.2, 0.25) is 5.02 Å². The maximum atomic E-state index is 7.02. The standard InChI is InChI=1S/C44H30ClNO2/c1-27-12-9-17-33-30-15-5-7-18-34(30)44(41(27)33)35-19-10-20-36(45)43(35)48-39-23-11-21-37(42(39)44)46(28-13-3-2-4-14-28)29-24-25-32-31-16-6-8-22-38(31)47-40(32)26-29/h2-11,13-27H,12H2,1H3. The molecule has 48 heavy (non-hydrogen) atoms. The first-order valence-electron chi connectivity index (χ1n) is 16.5. The highest BCUT2D eigenvalue weighted by Crippen LogP contribution is 2.66. The average Bonchev–Trinajstić information content (AvgIpc) is 3.64. The number of furan rings is 1. The molecular weight excluding hydrogens is 610 g/mol. The number of ether oxygens (including phenoxy) is 1. The van der Waals surface area contributed by atoms with Crippen molar-refractivity contribution in [3.05, 3.63) is 178 Å². The van der Waals surface area contributed by atoms with Crippen LogP contribution < -0.4 is 9.64 Å². The lowest BCUT2D eigenvalue weighted by Gasteiger charge is -2.45. The summed E-state index contributed by atoms with van der Waals surface area (Å²) >= 11 is 7.02. The Kier molecular flexibility index (Phi) is 5.89. The van der Waals surface area contributed by atoms with E-state index in [1.54, 1.807) is 0 Å². The Balaban J connectivity index is 1.33. The van der Waals surface area contributed by atoms with E-state index in [0.29, 0.717) is 10.9 Å². The molecule has 0 fully saturated rings. The van der Waals surface area contributed by atoms with E-state index in [-0.39, 0.29) is 0 Å². The van der Waals surface area contributed by atoms with E-state index < -0.39 is 5.41 Å². The van der Waals surface area contributed by atoms with E-state index in [0.717, 1.165) is 68.0 Å². The zero-order valence-electron chi connectivity index (χ0n) is 26.3. The number of nitrogens with zero attached hydrogens (tertiary/aromatic N) is 1. The van der Waals surface area contributed by atoms with Gasteiger partial charge in [-0.2, -0.15) is 0 Å². The summed E-state index contributed by atoms with van der Waals surface area (Å²) < 4.78 is 13.3. The Morgan fingerprint density at radius 2 is 1.48 bits per heavy atom. The van der Waals surface area contributed by atoms with Crippen molar-refractivity contribution in [3.63, 3.8) is 0 Å². The average molecular weight is 640 g/mol. The molecular formula is C44H30ClNO2. The summed E-state index contributed by atoms with van der Waals surface area (Å²) in [5.41, 5.74) is 11.6. The topological polar surface area (TPSA) is 25.6 Å². The molecule has 0 bridgehead atoms. The quantitative estimate of drug-likeness (QED) is 0.192. The third kappa shape index (κ3) is 3.65. The number of benzene rings is 6. The van der Waals surface area contributed by atoms with Crippen molar-refractivity contribution >= 4 is 56.2 Å². The van der Waals surface area contributed by atoms with Crippen molar-refractivity contribution in [1.82, 2.24) is 0 Å². The maximum Gasteiger partial charge on any atom is 0.150 e. The van der Waals surface area contributed by atoms with Crippen molar-refractivity contribution in [1.29, 1.82) is 0 Å². The number of rotatable bonds is 3. The summed E-state index contributed by atoms with van der Waals surface area (Å²) in [5.74, 6) is 1.83. The summed E-state index contributed by atoms with van der Waals surface area (Å²) in [6, 6.07) is 46.9. The molecule has 0 saturated carbocycles. The van der Waals surface area contributed by atoms with Crippen molar-refractivity contribution in [2.24, 2.45) is 5.92 Å². The van der Waals surface area contributed by atoms with E-state index >= 15 is 0 Å². The molecule has 2 heterocycles. The predicted molar refractivity (Wildman–Crippen MR) is 196 cm³/mol. The minimum absolute atomic E-state index is 0.292. The van der Waals surface area contributed by atoms with Gasteiger partial charge >= 0.3 is 0 Å². The van der Waals surface area contributed by atoms with Crippen molar-refractivity contribution in [2.45, 2.75) is 18.8 Å². The van der Waals surface area contributed by atoms with Crippen LogP contribution in [0.5, 0.6) is 11.5 Å². The molecule has 3 aliphatic rings. The van der Waals surface area contributed by atoms with E-state index in [4.69, 9.17) is 20.8 Å². The molecule has 3 nitrogen and oxygen atoms in total. The molecule has 0 radical (unpaired) electrons. The molecule has 6 aromatic carbocycles. The third-order valence-electron chi connectivity index (χ3n) is 10.4. The molecule has 2 aliphatic carbocycles. The Hall–Kier alpha value is -5.51. The van der Waals surface area contributed by atoms with Gasteiger partial charge in [0.2, 0.25) is 0 Å². The summed E-state index contributed by atoms with van der Waals surface area (Å²) in [5, 5.41) is 2.83. The highest BCUT2D eigenvalue weighted by molar-refractivity contribution is 6.32. The summed E-state index contributed by atoms with van der Waals surface area (Å²) in [6.07, 6.45) is 5.62. The molecule has 230 valence electrons. The van der Waals surface area contributed by atoms with Gasteiger partial charge in [0.15, 0.2) is 5.75 Å². The van der Waals surface area contributed by atoms with Crippen LogP contribution >= 0.6 is 11.6 Å². The molecule has 0 N–H and O–H groups in total. The first-order valence-corrected chi connectivity index (χ1v) is 16.9. The maximum absolute atomic E-state index is 7.02. The van der Waals surface area contributed by atoms with Crippen LogP contribution in [0.4, 0.5) is 17.1 Å². The lowest BCUT2D eigenvalue weighted by Crippen LogP contribution is -2.37. The summed E-state index contributed by atoms with van der Waals surface area (Å²) in [7, 11) is 0. The van der Waals surface area contributed by atoms with Crippen molar-refractivity contribution < 1.29 is 9.15 Å². The number of halogens is 1. The van der Waals surface area contributed by atoms with Crippen LogP contribution in [0.15, 0.2) is 156 Å². The fourth-order valence-electron chi connectivity index (χ4n) is 8.60. The van der Waals surface area contributed by atoms with Gasteiger partial charge in [0.25, 0.3) is 0 Å². The minimum atomic E-state index is -0.628. The van der Waals surface area contributed by atoms with E-state index in [9.17, 15) is 0 Å². The Labute approximate surface area is 284 Å². The number of fused-ring (bicyclic) bond motifs is 11. The number of para-hydroxylation sites is 3. The molecule has 2 atom stereocenters. The second kappa shape index (κ2) is 10.2. The Morgan fingerprint density at radius 1 is 0.708 bits per heavy atom. The van der Waals surface area contributed by atoms with E-state index in [1.165, 1.54) is 22.3 Å². The van der Waals surface area contributed by atoms with Gasteiger partial charge in [-0.05, 0) is 83.1 Å². The second-order valence-electron chi connectivity index (χ2n) is 13.0. The van der Waals surface area contributed by atoms with Crippen LogP contribution in [0.25, 0.3) is 27.5 Å². The zero-order valence-corrected chi connectivity index (χ0v) is 27.0. The SMILES string of the molecule is CC1CC=CC2=C1C1(c3ccccc32)c2cccc(Cl)c2Oc2cccc(N(c3ccccc3)c3ccc4c(c3)oc3ccccc34)c21. The van der Waals surface area contributed by atoms with Crippen LogP contribution in [-0.2, 0) is 5.41 Å². The van der Waals surface area contributed by atoms with Crippen LogP contribution in [0, 0.1) is 5.92 Å². The molecule has 7 aromatic rings. The summed E-state index contributed by atoms with van der Waals surface area (Å²) in [6.45, 7) is 2.36. The van der Waals surface area contributed by atoms with Gasteiger partial charge in [-0.3, -0.25) is 0 Å². The highest BCUT2D eigenvalue weighted by Gasteiger charge is 2.55. The van der Waals surface area contributed by atoms with Crippen molar-refractivity contribution in [2.75, 3.05) is 4.90 Å². The molecule has 0 saturated heterocycles. The van der Waals surface area contributed by atoms with Gasteiger partial charge in [0.1, 0.15) is 16.9 Å². The summed E-state index contributed by atoms with van der Waals surface area (Å²) in [4.78, 5) is 2.36. The first kappa shape index (κ1) is 27.6. The highest BCUT2D eigenvalue weighted by atomic mass is 35.5. The van der Waals surface area contributed by atoms with E-state index in [2.05, 4.69) is 139 Å². The minimum Gasteiger partial charge on any atom is -0.456 e. The lowest BCUT2D eigenvalue weighted by molar-refractivity contribution is 0.425. The number of anilines is 3. The smallest absolute Gasteiger partial charge is 0.150 e. The van der Waals surface area contributed by atoms with Gasteiger partial charge in [-0.15, -0.1) is 0 Å². The van der Waals surface area contributed by atoms with Gasteiger partial charge in [-0.1, -0.05) is 110 Å². The molecule has 10 rings (SSSR count). The zero-order chi connectivity index (χ0) is 32.0. The largest absolute Gasteiger partial charge is 0.456 e. The third-order valence-corrected chi connectivity index (χ3v) is 10.7. The molecule has 2 unspecified atom stereocenters. The van der Waals surface area contributed by atoms with Gasteiger partial charge in [-0.25, -0.2) is 0 Å². The van der Waals surface area contributed by atoms with Crippen LogP contribution in [0.1, 0.15) is 35.6 Å². The first-order chi connectivity index (χ1) is 23.6.